The molecule has 0 amide bonds. The van der Waals surface area contributed by atoms with Crippen LogP contribution in [0, 0.1) is 5.92 Å². The predicted octanol–water partition coefficient (Wildman–Crippen LogP) is 2.98. The summed E-state index contributed by atoms with van der Waals surface area (Å²) in [7, 11) is 0. The van der Waals surface area contributed by atoms with Gasteiger partial charge in [0.2, 0.25) is 0 Å². The summed E-state index contributed by atoms with van der Waals surface area (Å²) >= 11 is 6.88. The van der Waals surface area contributed by atoms with Gasteiger partial charge < -0.3 is 5.11 Å². The average molecular weight is 404 g/mol. The van der Waals surface area contributed by atoms with Crippen LogP contribution in [0.1, 0.15) is 13.3 Å². The number of carboxylic acids is 1. The van der Waals surface area contributed by atoms with E-state index in [-0.39, 0.29) is 0 Å². The number of carbonyl (C=O) groups is 1. The molecular weight excluding hydrogens is 392 g/mol. The van der Waals surface area contributed by atoms with Crippen LogP contribution in [-0.4, -0.2) is 31.3 Å². The van der Waals surface area contributed by atoms with Crippen LogP contribution in [0.15, 0.2) is 27.1 Å². The maximum absolute atomic E-state index is 10.8. The van der Waals surface area contributed by atoms with Gasteiger partial charge in [-0.15, -0.1) is 5.10 Å². The highest BCUT2D eigenvalue weighted by Gasteiger charge is 2.16. The van der Waals surface area contributed by atoms with E-state index in [0.29, 0.717) is 18.8 Å². The number of hydrogen-bond donors (Lipinski definition) is 1. The van der Waals surface area contributed by atoms with Crippen LogP contribution in [-0.2, 0) is 11.3 Å². The van der Waals surface area contributed by atoms with Crippen LogP contribution >= 0.6 is 31.9 Å². The average Bonchev–Trinajstić information content (AvgIpc) is 2.86. The van der Waals surface area contributed by atoms with Crippen molar-refractivity contribution in [1.82, 2.24) is 20.2 Å². The first kappa shape index (κ1) is 15.1. The van der Waals surface area contributed by atoms with E-state index in [1.165, 1.54) is 0 Å². The first-order valence-corrected chi connectivity index (χ1v) is 7.52. The Hall–Kier alpha value is -1.28. The first-order chi connectivity index (χ1) is 9.49. The van der Waals surface area contributed by atoms with Crippen molar-refractivity contribution < 1.29 is 9.90 Å². The Morgan fingerprint density at radius 3 is 2.90 bits per heavy atom. The fraction of sp³-hybridized carbons (Fsp3) is 0.333. The molecule has 0 spiro atoms. The summed E-state index contributed by atoms with van der Waals surface area (Å²) in [5, 5.41) is 20.5. The summed E-state index contributed by atoms with van der Waals surface area (Å²) < 4.78 is 3.42. The molecule has 0 saturated carbocycles. The van der Waals surface area contributed by atoms with Crippen LogP contribution in [0.25, 0.3) is 11.4 Å². The quantitative estimate of drug-likeness (QED) is 0.829. The molecule has 1 aromatic carbocycles. The maximum Gasteiger partial charge on any atom is 0.306 e. The second-order valence-corrected chi connectivity index (χ2v) is 6.15. The molecule has 106 valence electrons. The molecule has 1 atom stereocenters. The molecule has 6 nitrogen and oxygen atoms in total. The Kier molecular flexibility index (Phi) is 4.87. The molecule has 8 heteroatoms. The Bertz CT molecular complexity index is 630. The van der Waals surface area contributed by atoms with Gasteiger partial charge >= 0.3 is 5.97 Å². The fourth-order valence-corrected chi connectivity index (χ4v) is 2.44. The molecule has 1 heterocycles. The Morgan fingerprint density at radius 1 is 1.45 bits per heavy atom. The number of aliphatic carboxylic acids is 1. The highest BCUT2D eigenvalue weighted by atomic mass is 79.9. The number of carboxylic acid groups (broad SMARTS) is 1. The summed E-state index contributed by atoms with van der Waals surface area (Å²) in [5.41, 5.74) is 0.854. The number of hydrogen-bond acceptors (Lipinski definition) is 4. The van der Waals surface area contributed by atoms with Crippen molar-refractivity contribution in [1.29, 1.82) is 0 Å². The summed E-state index contributed by atoms with van der Waals surface area (Å²) in [6, 6.07) is 5.72. The van der Waals surface area contributed by atoms with Crippen molar-refractivity contribution in [3.63, 3.8) is 0 Å². The smallest absolute Gasteiger partial charge is 0.306 e. The lowest BCUT2D eigenvalue weighted by Gasteiger charge is -2.08. The van der Waals surface area contributed by atoms with Crippen molar-refractivity contribution in [3.05, 3.63) is 27.1 Å². The van der Waals surface area contributed by atoms with Crippen molar-refractivity contribution in [2.75, 3.05) is 0 Å². The van der Waals surface area contributed by atoms with Gasteiger partial charge in [-0.05, 0) is 35.0 Å². The van der Waals surface area contributed by atoms with Gasteiger partial charge in [0.1, 0.15) is 0 Å². The largest absolute Gasteiger partial charge is 0.481 e. The summed E-state index contributed by atoms with van der Waals surface area (Å²) in [5.74, 6) is -0.642. The number of benzene rings is 1. The highest BCUT2D eigenvalue weighted by Crippen LogP contribution is 2.29. The van der Waals surface area contributed by atoms with E-state index in [4.69, 9.17) is 5.11 Å². The van der Waals surface area contributed by atoms with Crippen LogP contribution in [0.3, 0.4) is 0 Å². The van der Waals surface area contributed by atoms with E-state index in [9.17, 15) is 4.79 Å². The Balaban J connectivity index is 2.24. The van der Waals surface area contributed by atoms with Gasteiger partial charge in [-0.1, -0.05) is 38.8 Å². The summed E-state index contributed by atoms with van der Waals surface area (Å²) in [6.07, 6.45) is 0.471. The lowest BCUT2D eigenvalue weighted by atomic mass is 10.1. The number of halogens is 2. The van der Waals surface area contributed by atoms with E-state index in [2.05, 4.69) is 47.4 Å². The molecule has 0 aliphatic carbocycles. The molecule has 2 rings (SSSR count). The number of tetrazole rings is 1. The summed E-state index contributed by atoms with van der Waals surface area (Å²) in [6.45, 7) is 2.12. The monoisotopic (exact) mass is 402 g/mol. The second kappa shape index (κ2) is 6.45. The van der Waals surface area contributed by atoms with Crippen LogP contribution < -0.4 is 0 Å². The number of nitrogens with zero attached hydrogens (tertiary/aromatic N) is 4. The third-order valence-corrected chi connectivity index (χ3v) is 4.08. The van der Waals surface area contributed by atoms with E-state index >= 15 is 0 Å². The molecule has 2 aromatic rings. The first-order valence-electron chi connectivity index (χ1n) is 5.93. The summed E-state index contributed by atoms with van der Waals surface area (Å²) in [4.78, 5) is 10.8. The van der Waals surface area contributed by atoms with Crippen LogP contribution in [0.5, 0.6) is 0 Å². The van der Waals surface area contributed by atoms with Gasteiger partial charge in [0, 0.05) is 21.1 Å². The van der Waals surface area contributed by atoms with Gasteiger partial charge in [0.25, 0.3) is 0 Å². The molecule has 1 unspecified atom stereocenters. The number of aryl methyl sites for hydroxylation is 1. The van der Waals surface area contributed by atoms with Gasteiger partial charge in [0.05, 0.1) is 5.92 Å². The molecular formula is C12H12Br2N4O2. The topological polar surface area (TPSA) is 80.9 Å². The van der Waals surface area contributed by atoms with E-state index in [1.54, 1.807) is 11.6 Å². The van der Waals surface area contributed by atoms with Gasteiger partial charge in [-0.2, -0.15) is 0 Å². The standard InChI is InChI=1S/C12H12Br2N4O2/c1-7(12(19)20)4-5-18-11(15-16-17-18)9-6-8(13)2-3-10(9)14/h2-3,6-7H,4-5H2,1H3,(H,19,20). The zero-order valence-electron chi connectivity index (χ0n) is 10.6. The molecule has 0 radical (unpaired) electrons. The van der Waals surface area contributed by atoms with Crippen LogP contribution in [0.4, 0.5) is 0 Å². The third-order valence-electron chi connectivity index (χ3n) is 2.90. The van der Waals surface area contributed by atoms with E-state index in [1.807, 2.05) is 18.2 Å². The lowest BCUT2D eigenvalue weighted by Crippen LogP contribution is -2.14. The zero-order valence-corrected chi connectivity index (χ0v) is 13.8. The number of rotatable bonds is 5. The zero-order chi connectivity index (χ0) is 14.7. The highest BCUT2D eigenvalue weighted by molar-refractivity contribution is 9.11. The molecule has 20 heavy (non-hydrogen) atoms. The van der Waals surface area contributed by atoms with Gasteiger partial charge in [-0.3, -0.25) is 4.79 Å². The SMILES string of the molecule is CC(CCn1nnnc1-c1cc(Br)ccc1Br)C(=O)O. The lowest BCUT2D eigenvalue weighted by molar-refractivity contribution is -0.141. The van der Waals surface area contributed by atoms with E-state index in [0.717, 1.165) is 14.5 Å². The molecule has 0 bridgehead atoms. The molecule has 0 aliphatic rings. The minimum absolute atomic E-state index is 0.432. The fourth-order valence-electron chi connectivity index (χ4n) is 1.66. The second-order valence-electron chi connectivity index (χ2n) is 4.38. The van der Waals surface area contributed by atoms with Gasteiger partial charge in [-0.25, -0.2) is 4.68 Å². The Morgan fingerprint density at radius 2 is 2.20 bits per heavy atom. The molecule has 0 fully saturated rings. The van der Waals surface area contributed by atoms with Crippen molar-refractivity contribution in [3.8, 4) is 11.4 Å². The number of aromatic nitrogens is 4. The van der Waals surface area contributed by atoms with Crippen molar-refractivity contribution in [2.24, 2.45) is 5.92 Å². The van der Waals surface area contributed by atoms with E-state index < -0.39 is 11.9 Å². The normalized spacial score (nSPS) is 12.3. The molecule has 1 aromatic heterocycles. The van der Waals surface area contributed by atoms with Gasteiger partial charge in [0.15, 0.2) is 5.82 Å². The van der Waals surface area contributed by atoms with Crippen molar-refractivity contribution >= 4 is 37.8 Å². The minimum Gasteiger partial charge on any atom is -0.481 e. The van der Waals surface area contributed by atoms with Crippen LogP contribution in [0.2, 0.25) is 0 Å². The third kappa shape index (κ3) is 3.43. The maximum atomic E-state index is 10.8. The Labute approximate surface area is 132 Å². The molecule has 0 saturated heterocycles. The predicted molar refractivity (Wildman–Crippen MR) is 80.1 cm³/mol. The molecule has 1 N–H and O–H groups in total. The van der Waals surface area contributed by atoms with Crippen molar-refractivity contribution in [2.45, 2.75) is 19.9 Å². The minimum atomic E-state index is -0.816. The molecule has 0 aliphatic heterocycles.